The summed E-state index contributed by atoms with van der Waals surface area (Å²) < 4.78 is 5.99. The molecule has 1 aromatic heterocycles. The van der Waals surface area contributed by atoms with Crippen LogP contribution in [-0.2, 0) is 10.3 Å². The second kappa shape index (κ2) is 5.97. The second-order valence-electron chi connectivity index (χ2n) is 5.81. The molecule has 6 heteroatoms. The van der Waals surface area contributed by atoms with E-state index in [1.165, 1.54) is 0 Å². The average molecular weight is 293 g/mol. The molecule has 1 saturated carbocycles. The van der Waals surface area contributed by atoms with Gasteiger partial charge in [0.1, 0.15) is 17.0 Å². The van der Waals surface area contributed by atoms with Gasteiger partial charge in [-0.05, 0) is 45.4 Å². The van der Waals surface area contributed by atoms with E-state index in [-0.39, 0.29) is 11.4 Å². The van der Waals surface area contributed by atoms with Crippen LogP contribution in [0.5, 0.6) is 0 Å². The van der Waals surface area contributed by atoms with Gasteiger partial charge in [0.05, 0.1) is 5.69 Å². The largest absolute Gasteiger partial charge is 0.477 e. The van der Waals surface area contributed by atoms with Crippen LogP contribution in [0.25, 0.3) is 0 Å². The number of aromatic nitrogens is 2. The predicted molar refractivity (Wildman–Crippen MR) is 79.1 cm³/mol. The Kier molecular flexibility index (Phi) is 4.46. The number of aromatic carboxylic acids is 1. The Morgan fingerprint density at radius 1 is 1.43 bits per heavy atom. The molecule has 0 aliphatic heterocycles. The first-order valence-electron chi connectivity index (χ1n) is 7.41. The van der Waals surface area contributed by atoms with Gasteiger partial charge in [0, 0.05) is 6.61 Å². The zero-order valence-electron chi connectivity index (χ0n) is 12.8. The molecule has 0 spiro atoms. The highest BCUT2D eigenvalue weighted by atomic mass is 16.5. The van der Waals surface area contributed by atoms with Gasteiger partial charge in [-0.3, -0.25) is 0 Å². The van der Waals surface area contributed by atoms with Crippen LogP contribution in [0.15, 0.2) is 0 Å². The van der Waals surface area contributed by atoms with Gasteiger partial charge in [0.2, 0.25) is 0 Å². The summed E-state index contributed by atoms with van der Waals surface area (Å²) in [4.78, 5) is 19.8. The Bertz CT molecular complexity index is 514. The first-order chi connectivity index (χ1) is 9.89. The zero-order valence-corrected chi connectivity index (χ0v) is 12.8. The van der Waals surface area contributed by atoms with Crippen molar-refractivity contribution in [1.82, 2.24) is 9.97 Å². The fraction of sp³-hybridized carbons (Fsp3) is 0.667. The maximum absolute atomic E-state index is 11.2. The van der Waals surface area contributed by atoms with Crippen molar-refractivity contribution in [2.45, 2.75) is 52.1 Å². The van der Waals surface area contributed by atoms with Crippen LogP contribution < -0.4 is 5.73 Å². The molecule has 3 N–H and O–H groups in total. The van der Waals surface area contributed by atoms with Gasteiger partial charge >= 0.3 is 5.97 Å². The molecule has 1 fully saturated rings. The van der Waals surface area contributed by atoms with Crippen LogP contribution in [0.4, 0.5) is 5.82 Å². The van der Waals surface area contributed by atoms with E-state index in [9.17, 15) is 4.79 Å². The summed E-state index contributed by atoms with van der Waals surface area (Å²) in [5, 5.41) is 9.16. The third-order valence-electron chi connectivity index (χ3n) is 4.24. The van der Waals surface area contributed by atoms with E-state index in [1.807, 2.05) is 6.92 Å². The van der Waals surface area contributed by atoms with E-state index >= 15 is 0 Å². The number of carboxylic acid groups (broad SMARTS) is 1. The number of carbonyl (C=O) groups is 1. The molecule has 1 aliphatic carbocycles. The Morgan fingerprint density at radius 3 is 2.52 bits per heavy atom. The third-order valence-corrected chi connectivity index (χ3v) is 4.24. The lowest BCUT2D eigenvalue weighted by molar-refractivity contribution is -0.0837. The van der Waals surface area contributed by atoms with Gasteiger partial charge in [-0.25, -0.2) is 14.8 Å². The lowest BCUT2D eigenvalue weighted by Gasteiger charge is -2.38. The molecule has 6 nitrogen and oxygen atoms in total. The fourth-order valence-corrected chi connectivity index (χ4v) is 3.00. The fourth-order valence-electron chi connectivity index (χ4n) is 3.00. The molecule has 1 heterocycles. The standard InChI is InChI=1S/C15H23N3O3/c1-4-21-15(7-5-9(2)6-8-15)14-17-10(3)11(13(19)20)12(16)18-14/h9H,4-8H2,1-3H3,(H,19,20)(H2,16,17,18). The van der Waals surface area contributed by atoms with Crippen LogP contribution in [0, 0.1) is 12.8 Å². The maximum atomic E-state index is 11.2. The molecule has 0 radical (unpaired) electrons. The van der Waals surface area contributed by atoms with E-state index in [0.29, 0.717) is 24.0 Å². The van der Waals surface area contributed by atoms with Gasteiger partial charge < -0.3 is 15.6 Å². The minimum absolute atomic E-state index is 0.0164. The third kappa shape index (κ3) is 3.00. The van der Waals surface area contributed by atoms with Crippen LogP contribution in [0.3, 0.4) is 0 Å². The molecule has 116 valence electrons. The number of nitrogens with two attached hydrogens (primary N) is 1. The topological polar surface area (TPSA) is 98.3 Å². The van der Waals surface area contributed by atoms with Gasteiger partial charge in [-0.15, -0.1) is 0 Å². The monoisotopic (exact) mass is 293 g/mol. The number of carboxylic acids is 1. The smallest absolute Gasteiger partial charge is 0.341 e. The lowest BCUT2D eigenvalue weighted by atomic mass is 9.78. The van der Waals surface area contributed by atoms with Gasteiger partial charge in [0.25, 0.3) is 0 Å². The molecule has 0 atom stereocenters. The highest BCUT2D eigenvalue weighted by Gasteiger charge is 2.40. The molecule has 0 unspecified atom stereocenters. The van der Waals surface area contributed by atoms with Crippen molar-refractivity contribution >= 4 is 11.8 Å². The van der Waals surface area contributed by atoms with Gasteiger partial charge in [0.15, 0.2) is 5.82 Å². The minimum atomic E-state index is -1.10. The molecule has 0 aromatic carbocycles. The molecule has 0 bridgehead atoms. The number of hydrogen-bond donors (Lipinski definition) is 2. The first kappa shape index (κ1) is 15.7. The molecular weight excluding hydrogens is 270 g/mol. The molecule has 21 heavy (non-hydrogen) atoms. The number of ether oxygens (including phenoxy) is 1. The van der Waals surface area contributed by atoms with Crippen LogP contribution in [-0.4, -0.2) is 27.7 Å². The van der Waals surface area contributed by atoms with Crippen molar-refractivity contribution in [2.75, 3.05) is 12.3 Å². The summed E-state index contributed by atoms with van der Waals surface area (Å²) in [5.41, 5.74) is 5.67. The normalized spacial score (nSPS) is 25.8. The van der Waals surface area contributed by atoms with E-state index in [1.54, 1.807) is 6.92 Å². The SMILES string of the molecule is CCOC1(c2nc(C)c(C(=O)O)c(N)n2)CCC(C)CC1. The minimum Gasteiger partial charge on any atom is -0.477 e. The number of nitrogens with zero attached hydrogens (tertiary/aromatic N) is 2. The van der Waals surface area contributed by atoms with E-state index in [2.05, 4.69) is 16.9 Å². The van der Waals surface area contributed by atoms with Crippen LogP contribution in [0.2, 0.25) is 0 Å². The summed E-state index contributed by atoms with van der Waals surface area (Å²) >= 11 is 0. The number of aryl methyl sites for hydroxylation is 1. The number of hydrogen-bond acceptors (Lipinski definition) is 5. The molecular formula is C15H23N3O3. The summed E-state index contributed by atoms with van der Waals surface area (Å²) in [7, 11) is 0. The molecule has 0 amide bonds. The lowest BCUT2D eigenvalue weighted by Crippen LogP contribution is -2.37. The highest BCUT2D eigenvalue weighted by Crippen LogP contribution is 2.41. The Labute approximate surface area is 124 Å². The predicted octanol–water partition coefficient (Wildman–Crippen LogP) is 2.51. The molecule has 1 aliphatic rings. The molecule has 0 saturated heterocycles. The average Bonchev–Trinajstić information content (AvgIpc) is 2.40. The van der Waals surface area contributed by atoms with Gasteiger partial charge in [-0.2, -0.15) is 0 Å². The van der Waals surface area contributed by atoms with Crippen LogP contribution in [0.1, 0.15) is 61.4 Å². The van der Waals surface area contributed by atoms with Gasteiger partial charge in [-0.1, -0.05) is 6.92 Å². The number of rotatable bonds is 4. The number of anilines is 1. The van der Waals surface area contributed by atoms with Crippen molar-refractivity contribution in [3.8, 4) is 0 Å². The Morgan fingerprint density at radius 2 is 2.05 bits per heavy atom. The van der Waals surface area contributed by atoms with Crippen LogP contribution >= 0.6 is 0 Å². The summed E-state index contributed by atoms with van der Waals surface area (Å²) in [5.74, 6) is 0.105. The number of nitrogen functional groups attached to an aromatic ring is 1. The summed E-state index contributed by atoms with van der Waals surface area (Å²) in [6.45, 7) is 6.39. The zero-order chi connectivity index (χ0) is 15.6. The quantitative estimate of drug-likeness (QED) is 0.885. The van der Waals surface area contributed by atoms with E-state index in [0.717, 1.165) is 25.7 Å². The maximum Gasteiger partial charge on any atom is 0.341 e. The second-order valence-corrected chi connectivity index (χ2v) is 5.81. The van der Waals surface area contributed by atoms with Crippen molar-refractivity contribution in [2.24, 2.45) is 5.92 Å². The van der Waals surface area contributed by atoms with E-state index < -0.39 is 11.6 Å². The molecule has 2 rings (SSSR count). The van der Waals surface area contributed by atoms with Crippen molar-refractivity contribution in [3.63, 3.8) is 0 Å². The van der Waals surface area contributed by atoms with E-state index in [4.69, 9.17) is 15.6 Å². The Balaban J connectivity index is 2.44. The van der Waals surface area contributed by atoms with Crippen molar-refractivity contribution in [3.05, 3.63) is 17.1 Å². The summed E-state index contributed by atoms with van der Waals surface area (Å²) in [6.07, 6.45) is 3.77. The van der Waals surface area contributed by atoms with Crippen molar-refractivity contribution in [1.29, 1.82) is 0 Å². The Hall–Kier alpha value is -1.69. The highest BCUT2D eigenvalue weighted by molar-refractivity contribution is 5.93. The first-order valence-corrected chi connectivity index (χ1v) is 7.41. The van der Waals surface area contributed by atoms with Crippen molar-refractivity contribution < 1.29 is 14.6 Å². The summed E-state index contributed by atoms with van der Waals surface area (Å²) in [6, 6.07) is 0. The molecule has 1 aromatic rings.